The van der Waals surface area contributed by atoms with E-state index in [-0.39, 0.29) is 0 Å². The Morgan fingerprint density at radius 2 is 0.588 bits per heavy atom. The number of hydrogen-bond donors (Lipinski definition) is 0. The highest BCUT2D eigenvalue weighted by atomic mass is 16.5. The zero-order valence-corrected chi connectivity index (χ0v) is 24.2. The van der Waals surface area contributed by atoms with Gasteiger partial charge in [0.05, 0.1) is 6.61 Å². The number of rotatable bonds is 31. The van der Waals surface area contributed by atoms with Crippen molar-refractivity contribution in [2.24, 2.45) is 0 Å². The van der Waals surface area contributed by atoms with Gasteiger partial charge < -0.3 is 4.74 Å². The minimum Gasteiger partial charge on any atom is -0.376 e. The summed E-state index contributed by atoms with van der Waals surface area (Å²) in [7, 11) is 0. The summed E-state index contributed by atoms with van der Waals surface area (Å²) in [5.41, 5.74) is 0. The van der Waals surface area contributed by atoms with Gasteiger partial charge in [-0.2, -0.15) is 0 Å². The Kier molecular flexibility index (Phi) is 32.9. The fourth-order valence-corrected chi connectivity index (χ4v) is 4.97. The second-order valence-corrected chi connectivity index (χ2v) is 11.0. The van der Waals surface area contributed by atoms with E-state index in [0.717, 1.165) is 13.0 Å². The summed E-state index contributed by atoms with van der Waals surface area (Å²) in [6.45, 7) is 7.60. The van der Waals surface area contributed by atoms with Crippen LogP contribution in [0.25, 0.3) is 0 Å². The Morgan fingerprint density at radius 3 is 0.912 bits per heavy atom. The van der Waals surface area contributed by atoms with Gasteiger partial charge in [0, 0.05) is 6.61 Å². The number of hydrogen-bond acceptors (Lipinski definition) is 1. The van der Waals surface area contributed by atoms with E-state index in [4.69, 9.17) is 4.74 Å². The van der Waals surface area contributed by atoms with Crippen LogP contribution in [0.2, 0.25) is 0 Å². The molecule has 0 aromatic carbocycles. The standard InChI is InChI=1S/C33H67O/c1-3-5-7-9-11-12-13-14-15-16-17-18-19-20-21-22-23-24-25-27-29-31-33-34-32-30-28-26-10-8-6-4-2/h33H,3-32H2,1-2H3. The van der Waals surface area contributed by atoms with Crippen LogP contribution in [-0.4, -0.2) is 6.61 Å². The third-order valence-corrected chi connectivity index (χ3v) is 7.41. The molecule has 0 aliphatic heterocycles. The molecule has 0 saturated heterocycles. The molecule has 0 aliphatic carbocycles. The fourth-order valence-electron chi connectivity index (χ4n) is 4.97. The topological polar surface area (TPSA) is 9.23 Å². The van der Waals surface area contributed by atoms with Gasteiger partial charge in [0.25, 0.3) is 0 Å². The largest absolute Gasteiger partial charge is 0.376 e. The third kappa shape index (κ3) is 32.0. The lowest BCUT2D eigenvalue weighted by Gasteiger charge is -2.05. The Hall–Kier alpha value is -0.0400. The first-order valence-electron chi connectivity index (χ1n) is 16.3. The Morgan fingerprint density at radius 1 is 0.324 bits per heavy atom. The molecular formula is C33H67O. The van der Waals surface area contributed by atoms with Crippen molar-refractivity contribution in [2.75, 3.05) is 6.61 Å². The van der Waals surface area contributed by atoms with Crippen molar-refractivity contribution in [3.63, 3.8) is 0 Å². The predicted molar refractivity (Wildman–Crippen MR) is 155 cm³/mol. The van der Waals surface area contributed by atoms with Crippen LogP contribution in [0.3, 0.4) is 0 Å². The molecule has 0 unspecified atom stereocenters. The van der Waals surface area contributed by atoms with E-state index in [2.05, 4.69) is 20.5 Å². The molecule has 0 atom stereocenters. The van der Waals surface area contributed by atoms with Gasteiger partial charge in [-0.05, 0) is 12.8 Å². The first kappa shape index (κ1) is 34.0. The molecule has 34 heavy (non-hydrogen) atoms. The quantitative estimate of drug-likeness (QED) is 0.0898. The van der Waals surface area contributed by atoms with Gasteiger partial charge >= 0.3 is 0 Å². The van der Waals surface area contributed by atoms with Crippen LogP contribution in [0.5, 0.6) is 0 Å². The first-order valence-corrected chi connectivity index (χ1v) is 16.3. The summed E-state index contributed by atoms with van der Waals surface area (Å²) in [6.07, 6.45) is 41.2. The van der Waals surface area contributed by atoms with Crippen molar-refractivity contribution in [3.05, 3.63) is 6.61 Å². The second-order valence-electron chi connectivity index (χ2n) is 11.0. The lowest BCUT2D eigenvalue weighted by atomic mass is 10.0. The van der Waals surface area contributed by atoms with E-state index in [0.29, 0.717) is 0 Å². The minimum absolute atomic E-state index is 0.938. The van der Waals surface area contributed by atoms with Crippen molar-refractivity contribution in [1.29, 1.82) is 0 Å². The zero-order chi connectivity index (χ0) is 24.6. The molecular weight excluding hydrogens is 412 g/mol. The van der Waals surface area contributed by atoms with Crippen molar-refractivity contribution in [3.8, 4) is 0 Å². The van der Waals surface area contributed by atoms with Gasteiger partial charge in [-0.15, -0.1) is 0 Å². The molecule has 0 aliphatic rings. The summed E-state index contributed by atoms with van der Waals surface area (Å²) in [5, 5.41) is 0. The maximum Gasteiger partial charge on any atom is 0.0836 e. The van der Waals surface area contributed by atoms with Crippen molar-refractivity contribution in [2.45, 2.75) is 200 Å². The number of ether oxygens (including phenoxy) is 1. The molecule has 1 nitrogen and oxygen atoms in total. The van der Waals surface area contributed by atoms with Crippen LogP contribution in [0.1, 0.15) is 200 Å². The van der Waals surface area contributed by atoms with E-state index >= 15 is 0 Å². The second kappa shape index (κ2) is 33.0. The molecule has 0 rings (SSSR count). The highest BCUT2D eigenvalue weighted by molar-refractivity contribution is 4.54. The minimum atomic E-state index is 0.938. The molecule has 0 spiro atoms. The molecule has 1 heteroatoms. The van der Waals surface area contributed by atoms with Crippen LogP contribution < -0.4 is 0 Å². The Balaban J connectivity index is 2.99. The van der Waals surface area contributed by atoms with E-state index in [1.807, 2.05) is 0 Å². The van der Waals surface area contributed by atoms with E-state index < -0.39 is 0 Å². The van der Waals surface area contributed by atoms with Gasteiger partial charge in [0.2, 0.25) is 0 Å². The lowest BCUT2D eigenvalue weighted by molar-refractivity contribution is 0.183. The monoisotopic (exact) mass is 480 g/mol. The smallest absolute Gasteiger partial charge is 0.0836 e. The summed E-state index contributed by atoms with van der Waals surface area (Å²) in [4.78, 5) is 0. The van der Waals surface area contributed by atoms with Crippen molar-refractivity contribution in [1.82, 2.24) is 0 Å². The Labute approximate surface area is 218 Å². The highest BCUT2D eigenvalue weighted by Gasteiger charge is 1.97. The molecule has 0 amide bonds. The van der Waals surface area contributed by atoms with Crippen LogP contribution in [-0.2, 0) is 4.74 Å². The van der Waals surface area contributed by atoms with E-state index in [9.17, 15) is 0 Å². The lowest BCUT2D eigenvalue weighted by Crippen LogP contribution is -1.92. The molecule has 0 heterocycles. The molecule has 1 radical (unpaired) electrons. The normalized spacial score (nSPS) is 11.5. The molecule has 0 saturated carbocycles. The molecule has 0 bridgehead atoms. The van der Waals surface area contributed by atoms with Crippen molar-refractivity contribution < 1.29 is 4.74 Å². The average molecular weight is 480 g/mol. The fraction of sp³-hybridized carbons (Fsp3) is 0.970. The van der Waals surface area contributed by atoms with Crippen LogP contribution in [0, 0.1) is 6.61 Å². The summed E-state index contributed by atoms with van der Waals surface area (Å²) in [5.74, 6) is 0. The van der Waals surface area contributed by atoms with Crippen LogP contribution in [0.4, 0.5) is 0 Å². The molecule has 0 aromatic rings. The summed E-state index contributed by atoms with van der Waals surface area (Å²) in [6, 6.07) is 0. The van der Waals surface area contributed by atoms with Crippen molar-refractivity contribution >= 4 is 0 Å². The van der Waals surface area contributed by atoms with Crippen LogP contribution >= 0.6 is 0 Å². The Bertz CT molecular complexity index is 295. The van der Waals surface area contributed by atoms with E-state index in [1.165, 1.54) is 180 Å². The van der Waals surface area contributed by atoms with Gasteiger partial charge in [0.1, 0.15) is 0 Å². The van der Waals surface area contributed by atoms with Gasteiger partial charge in [-0.1, -0.05) is 187 Å². The maximum absolute atomic E-state index is 5.68. The molecule has 205 valence electrons. The highest BCUT2D eigenvalue weighted by Crippen LogP contribution is 2.15. The molecule has 0 N–H and O–H groups in total. The third-order valence-electron chi connectivity index (χ3n) is 7.41. The molecule has 0 aromatic heterocycles. The van der Waals surface area contributed by atoms with Gasteiger partial charge in [0.15, 0.2) is 0 Å². The number of unbranched alkanes of at least 4 members (excludes halogenated alkanes) is 27. The predicted octanol–water partition coefficient (Wildman–Crippen LogP) is 12.5. The maximum atomic E-state index is 5.68. The SMILES string of the molecule is CCCCCCCCCCCCCCCCCCCCCCC[CH]OCCCCCCCCC. The molecule has 0 fully saturated rings. The summed E-state index contributed by atoms with van der Waals surface area (Å²) < 4.78 is 5.68. The zero-order valence-electron chi connectivity index (χ0n) is 24.2. The van der Waals surface area contributed by atoms with Crippen LogP contribution in [0.15, 0.2) is 0 Å². The van der Waals surface area contributed by atoms with Gasteiger partial charge in [-0.25, -0.2) is 0 Å². The van der Waals surface area contributed by atoms with Gasteiger partial charge in [-0.3, -0.25) is 0 Å². The summed E-state index contributed by atoms with van der Waals surface area (Å²) >= 11 is 0. The van der Waals surface area contributed by atoms with E-state index in [1.54, 1.807) is 0 Å². The average Bonchev–Trinajstić information content (AvgIpc) is 2.85. The first-order chi connectivity index (χ1) is 16.9.